The Morgan fingerprint density at radius 3 is 2.27 bits per heavy atom. The third-order valence-corrected chi connectivity index (χ3v) is 4.77. The van der Waals surface area contributed by atoms with Gasteiger partial charge in [-0.05, 0) is 37.1 Å². The topological polar surface area (TPSA) is 70.7 Å². The zero-order valence-electron chi connectivity index (χ0n) is 18.2. The Morgan fingerprint density at radius 2 is 1.60 bits per heavy atom. The van der Waals surface area contributed by atoms with Crippen LogP contribution in [0, 0.1) is 0 Å². The number of amides is 2. The molecule has 6 nitrogen and oxygen atoms in total. The van der Waals surface area contributed by atoms with E-state index in [1.807, 2.05) is 54.3 Å². The number of nitrogens with one attached hydrogen (secondary N) is 2. The van der Waals surface area contributed by atoms with Crippen molar-refractivity contribution in [2.24, 2.45) is 0 Å². The molecule has 1 unspecified atom stereocenters. The lowest BCUT2D eigenvalue weighted by Gasteiger charge is -2.24. The summed E-state index contributed by atoms with van der Waals surface area (Å²) >= 11 is 0. The molecule has 162 valence electrons. The average Bonchev–Trinajstić information content (AvgIpc) is 2.74. The van der Waals surface area contributed by atoms with Crippen molar-refractivity contribution in [1.82, 2.24) is 10.2 Å². The summed E-state index contributed by atoms with van der Waals surface area (Å²) in [4.78, 5) is 27.1. The lowest BCUT2D eigenvalue weighted by molar-refractivity contribution is -0.124. The van der Waals surface area contributed by atoms with E-state index in [1.165, 1.54) is 0 Å². The Balaban J connectivity index is 1.96. The number of hydrogen-bond acceptors (Lipinski definition) is 4. The molecular weight excluding hydrogens is 378 g/mol. The van der Waals surface area contributed by atoms with Gasteiger partial charge in [0.15, 0.2) is 0 Å². The van der Waals surface area contributed by atoms with E-state index in [4.69, 9.17) is 4.74 Å². The number of nitrogens with zero attached hydrogens (tertiary/aromatic N) is 1. The number of rotatable bonds is 12. The van der Waals surface area contributed by atoms with Gasteiger partial charge in [0.2, 0.25) is 11.8 Å². The Hall–Kier alpha value is -2.86. The number of para-hydroxylation sites is 2. The second-order valence-electron chi connectivity index (χ2n) is 7.28. The number of methoxy groups -OCH3 is 1. The predicted octanol–water partition coefficient (Wildman–Crippen LogP) is 4.00. The van der Waals surface area contributed by atoms with Gasteiger partial charge in [0.05, 0.1) is 31.9 Å². The maximum absolute atomic E-state index is 12.7. The number of carbonyl (C=O) groups is 2. The lowest BCUT2D eigenvalue weighted by Crippen LogP contribution is -2.42. The van der Waals surface area contributed by atoms with Crippen molar-refractivity contribution >= 4 is 17.5 Å². The Labute approximate surface area is 179 Å². The molecule has 0 aliphatic rings. The fraction of sp³-hybridized carbons (Fsp3) is 0.417. The monoisotopic (exact) mass is 411 g/mol. The van der Waals surface area contributed by atoms with Gasteiger partial charge < -0.3 is 15.4 Å². The summed E-state index contributed by atoms with van der Waals surface area (Å²) in [6.07, 6.45) is 2.70. The Morgan fingerprint density at radius 1 is 0.933 bits per heavy atom. The molecule has 0 saturated heterocycles. The molecule has 2 aromatic carbocycles. The highest BCUT2D eigenvalue weighted by atomic mass is 16.5. The molecule has 0 aromatic heterocycles. The standard InChI is InChI=1S/C24H33N3O3/c1-4-11-20(19-12-7-6-8-13-19)25-23(28)17-27(16-5-2)18-24(29)26-21-14-9-10-15-22(21)30-3/h6-10,12-15,20H,4-5,11,16-18H2,1-3H3,(H,25,28)(H,26,29). The van der Waals surface area contributed by atoms with Crippen LogP contribution in [0.5, 0.6) is 5.75 Å². The van der Waals surface area contributed by atoms with E-state index in [9.17, 15) is 9.59 Å². The summed E-state index contributed by atoms with van der Waals surface area (Å²) < 4.78 is 5.28. The highest BCUT2D eigenvalue weighted by molar-refractivity contribution is 5.94. The smallest absolute Gasteiger partial charge is 0.238 e. The zero-order chi connectivity index (χ0) is 21.8. The van der Waals surface area contributed by atoms with E-state index >= 15 is 0 Å². The highest BCUT2D eigenvalue weighted by Crippen LogP contribution is 2.23. The van der Waals surface area contributed by atoms with Gasteiger partial charge in [-0.3, -0.25) is 14.5 Å². The van der Waals surface area contributed by atoms with Crippen molar-refractivity contribution in [3.05, 3.63) is 60.2 Å². The SMILES string of the molecule is CCCC(NC(=O)CN(CCC)CC(=O)Nc1ccccc1OC)c1ccccc1. The van der Waals surface area contributed by atoms with Gasteiger partial charge in [-0.2, -0.15) is 0 Å². The van der Waals surface area contributed by atoms with Crippen LogP contribution in [0.25, 0.3) is 0 Å². The first-order valence-corrected chi connectivity index (χ1v) is 10.6. The highest BCUT2D eigenvalue weighted by Gasteiger charge is 2.18. The third kappa shape index (κ3) is 7.52. The van der Waals surface area contributed by atoms with Crippen LogP contribution in [0.4, 0.5) is 5.69 Å². The van der Waals surface area contributed by atoms with Crippen LogP contribution in [-0.4, -0.2) is 43.5 Å². The van der Waals surface area contributed by atoms with Gasteiger partial charge in [0.1, 0.15) is 5.75 Å². The van der Waals surface area contributed by atoms with Gasteiger partial charge in [0, 0.05) is 0 Å². The van der Waals surface area contributed by atoms with Crippen LogP contribution in [0.3, 0.4) is 0 Å². The molecule has 0 saturated carbocycles. The summed E-state index contributed by atoms with van der Waals surface area (Å²) in [7, 11) is 1.57. The van der Waals surface area contributed by atoms with Crippen molar-refractivity contribution in [2.45, 2.75) is 39.2 Å². The molecule has 1 atom stereocenters. The molecule has 0 spiro atoms. The second-order valence-corrected chi connectivity index (χ2v) is 7.28. The van der Waals surface area contributed by atoms with Gasteiger partial charge >= 0.3 is 0 Å². The molecule has 0 fully saturated rings. The first-order chi connectivity index (χ1) is 14.6. The summed E-state index contributed by atoms with van der Waals surface area (Å²) in [5, 5.41) is 6.01. The molecule has 6 heteroatoms. The molecular formula is C24H33N3O3. The minimum absolute atomic E-state index is 0.0189. The summed E-state index contributed by atoms with van der Waals surface area (Å²) in [5.74, 6) is 0.362. The summed E-state index contributed by atoms with van der Waals surface area (Å²) in [5.41, 5.74) is 1.72. The van der Waals surface area contributed by atoms with E-state index in [0.717, 1.165) is 24.8 Å². The largest absolute Gasteiger partial charge is 0.495 e. The molecule has 2 rings (SSSR count). The predicted molar refractivity (Wildman–Crippen MR) is 121 cm³/mol. The van der Waals surface area contributed by atoms with E-state index in [1.54, 1.807) is 19.2 Å². The summed E-state index contributed by atoms with van der Waals surface area (Å²) in [6.45, 7) is 5.13. The third-order valence-electron chi connectivity index (χ3n) is 4.77. The molecule has 0 bridgehead atoms. The van der Waals surface area contributed by atoms with Crippen LogP contribution < -0.4 is 15.4 Å². The van der Waals surface area contributed by atoms with Gasteiger partial charge in [-0.15, -0.1) is 0 Å². The molecule has 2 N–H and O–H groups in total. The lowest BCUT2D eigenvalue weighted by atomic mass is 10.0. The normalized spacial score (nSPS) is 11.7. The van der Waals surface area contributed by atoms with Crippen molar-refractivity contribution in [1.29, 1.82) is 0 Å². The van der Waals surface area contributed by atoms with Gasteiger partial charge in [-0.1, -0.05) is 62.7 Å². The average molecular weight is 412 g/mol. The quantitative estimate of drug-likeness (QED) is 0.554. The Kier molecular flexibility index (Phi) is 9.87. The van der Waals surface area contributed by atoms with Gasteiger partial charge in [-0.25, -0.2) is 0 Å². The van der Waals surface area contributed by atoms with Crippen molar-refractivity contribution in [3.8, 4) is 5.75 Å². The first-order valence-electron chi connectivity index (χ1n) is 10.6. The molecule has 0 radical (unpaired) electrons. The second kappa shape index (κ2) is 12.6. The van der Waals surface area contributed by atoms with Crippen LogP contribution >= 0.6 is 0 Å². The molecule has 2 aromatic rings. The van der Waals surface area contributed by atoms with Crippen molar-refractivity contribution in [2.75, 3.05) is 32.1 Å². The minimum atomic E-state index is -0.172. The fourth-order valence-electron chi connectivity index (χ4n) is 3.41. The first kappa shape index (κ1) is 23.4. The number of carbonyl (C=O) groups excluding carboxylic acids is 2. The Bertz CT molecular complexity index is 795. The minimum Gasteiger partial charge on any atom is -0.495 e. The van der Waals surface area contributed by atoms with Crippen LogP contribution in [-0.2, 0) is 9.59 Å². The molecule has 0 aliphatic carbocycles. The number of anilines is 1. The summed E-state index contributed by atoms with van der Waals surface area (Å²) in [6, 6.07) is 17.3. The van der Waals surface area contributed by atoms with E-state index < -0.39 is 0 Å². The molecule has 0 aliphatic heterocycles. The van der Waals surface area contributed by atoms with Gasteiger partial charge in [0.25, 0.3) is 0 Å². The van der Waals surface area contributed by atoms with Crippen molar-refractivity contribution < 1.29 is 14.3 Å². The number of benzene rings is 2. The van der Waals surface area contributed by atoms with Crippen molar-refractivity contribution in [3.63, 3.8) is 0 Å². The maximum Gasteiger partial charge on any atom is 0.238 e. The number of ether oxygens (including phenoxy) is 1. The molecule has 0 heterocycles. The zero-order valence-corrected chi connectivity index (χ0v) is 18.2. The van der Waals surface area contributed by atoms with E-state index in [-0.39, 0.29) is 30.9 Å². The van der Waals surface area contributed by atoms with Crippen LogP contribution in [0.15, 0.2) is 54.6 Å². The molecule has 2 amide bonds. The maximum atomic E-state index is 12.7. The molecule has 30 heavy (non-hydrogen) atoms. The number of hydrogen-bond donors (Lipinski definition) is 2. The fourth-order valence-corrected chi connectivity index (χ4v) is 3.41. The van der Waals surface area contributed by atoms with Crippen LogP contribution in [0.1, 0.15) is 44.7 Å². The van der Waals surface area contributed by atoms with E-state index in [2.05, 4.69) is 17.6 Å². The van der Waals surface area contributed by atoms with E-state index in [0.29, 0.717) is 18.0 Å². The van der Waals surface area contributed by atoms with Crippen LogP contribution in [0.2, 0.25) is 0 Å².